The van der Waals surface area contributed by atoms with Crippen molar-refractivity contribution in [1.29, 1.82) is 0 Å². The number of rotatable bonds is 3. The van der Waals surface area contributed by atoms with E-state index in [1.807, 2.05) is 0 Å². The van der Waals surface area contributed by atoms with Gasteiger partial charge in [-0.15, -0.1) is 0 Å². The normalized spacial score (nSPS) is 28.5. The van der Waals surface area contributed by atoms with Crippen LogP contribution in [-0.2, 0) is 4.79 Å². The molecule has 0 radical (unpaired) electrons. The third-order valence-electron chi connectivity index (χ3n) is 2.87. The van der Waals surface area contributed by atoms with E-state index in [0.29, 0.717) is 0 Å². The summed E-state index contributed by atoms with van der Waals surface area (Å²) < 4.78 is 0. The van der Waals surface area contributed by atoms with Crippen molar-refractivity contribution >= 4 is 18.0 Å². The van der Waals surface area contributed by atoms with E-state index < -0.39 is 36.4 Å². The van der Waals surface area contributed by atoms with E-state index in [1.165, 1.54) is 0 Å². The van der Waals surface area contributed by atoms with Crippen molar-refractivity contribution < 1.29 is 19.5 Å². The van der Waals surface area contributed by atoms with Gasteiger partial charge in [-0.1, -0.05) is 13.8 Å². The number of fused-ring (bicyclic) bond motifs is 1. The van der Waals surface area contributed by atoms with Crippen LogP contribution in [0.2, 0.25) is 0 Å². The summed E-state index contributed by atoms with van der Waals surface area (Å²) in [6.45, 7) is 3.34. The molecule has 2 aliphatic rings. The fourth-order valence-corrected chi connectivity index (χ4v) is 2.16. The van der Waals surface area contributed by atoms with E-state index in [1.54, 1.807) is 13.8 Å². The molecule has 3 atom stereocenters. The Morgan fingerprint density at radius 1 is 1.29 bits per heavy atom. The Balaban J connectivity index is 2.26. The summed E-state index contributed by atoms with van der Waals surface area (Å²) in [6.07, 6.45) is -1.30. The summed E-state index contributed by atoms with van der Waals surface area (Å²) in [4.78, 5) is 35.0. The first-order valence-corrected chi connectivity index (χ1v) is 5.28. The maximum absolute atomic E-state index is 11.7. The van der Waals surface area contributed by atoms with Crippen molar-refractivity contribution in [2.24, 2.45) is 5.92 Å². The fraction of sp³-hybridized carbons (Fsp3) is 0.667. The van der Waals surface area contributed by atoms with Gasteiger partial charge in [0.1, 0.15) is 12.3 Å². The van der Waals surface area contributed by atoms with E-state index in [9.17, 15) is 19.5 Å². The van der Waals surface area contributed by atoms with E-state index in [0.717, 1.165) is 4.90 Å². The number of carboxylic acids is 1. The molecule has 0 aliphatic carbocycles. The van der Waals surface area contributed by atoms with Crippen LogP contribution in [0.15, 0.2) is 0 Å². The van der Waals surface area contributed by atoms with Gasteiger partial charge in [-0.3, -0.25) is 4.90 Å². The predicted molar refractivity (Wildman–Crippen MR) is 53.2 cm³/mol. The van der Waals surface area contributed by atoms with Gasteiger partial charge in [0, 0.05) is 0 Å². The average molecular weight is 241 g/mol. The molecule has 8 nitrogen and oxygen atoms in total. The Morgan fingerprint density at radius 3 is 2.47 bits per heavy atom. The van der Waals surface area contributed by atoms with Gasteiger partial charge in [-0.25, -0.2) is 9.59 Å². The van der Waals surface area contributed by atoms with Crippen LogP contribution < -0.4 is 21.1 Å². The minimum atomic E-state index is -1.34. The standard InChI is InChI=1S/C9H14N4O4/c1-3(2)4(7(14)15)13-6-5(11-9(13)17)10-8(16)12-6/h3-6H,1-2H3,(H,11,17)(H,14,15)(H2,10,12,16)/p-1/t4-,5+,6-/m1/s1. The van der Waals surface area contributed by atoms with Crippen molar-refractivity contribution in [3.63, 3.8) is 0 Å². The zero-order valence-electron chi connectivity index (χ0n) is 9.39. The third-order valence-corrected chi connectivity index (χ3v) is 2.87. The molecule has 94 valence electrons. The SMILES string of the molecule is CC(C)[C@H](C(=O)[O-])N1C(=O)N[C@@H]2NC(=O)N[C@@H]21. The molecular weight excluding hydrogens is 228 g/mol. The van der Waals surface area contributed by atoms with Gasteiger partial charge in [-0.2, -0.15) is 0 Å². The van der Waals surface area contributed by atoms with Crippen molar-refractivity contribution in [3.8, 4) is 0 Å². The number of nitrogens with one attached hydrogen (secondary N) is 3. The molecule has 0 unspecified atom stereocenters. The number of nitrogens with zero attached hydrogens (tertiary/aromatic N) is 1. The summed E-state index contributed by atoms with van der Waals surface area (Å²) in [5, 5.41) is 18.5. The van der Waals surface area contributed by atoms with Crippen LogP contribution in [0.5, 0.6) is 0 Å². The summed E-state index contributed by atoms with van der Waals surface area (Å²) in [5.41, 5.74) is 0. The van der Waals surface area contributed by atoms with Crippen LogP contribution >= 0.6 is 0 Å². The van der Waals surface area contributed by atoms with Crippen LogP contribution in [0.1, 0.15) is 13.8 Å². The van der Waals surface area contributed by atoms with Crippen LogP contribution in [0.3, 0.4) is 0 Å². The maximum atomic E-state index is 11.7. The highest BCUT2D eigenvalue weighted by atomic mass is 16.4. The number of amides is 4. The van der Waals surface area contributed by atoms with Crippen molar-refractivity contribution in [2.45, 2.75) is 32.2 Å². The molecule has 3 N–H and O–H groups in total. The van der Waals surface area contributed by atoms with Crippen LogP contribution in [0, 0.1) is 5.92 Å². The highest BCUT2D eigenvalue weighted by Crippen LogP contribution is 2.21. The molecular formula is C9H13N4O4-. The molecule has 4 amide bonds. The molecule has 8 heteroatoms. The molecule has 2 fully saturated rings. The van der Waals surface area contributed by atoms with E-state index in [2.05, 4.69) is 16.0 Å². The minimum Gasteiger partial charge on any atom is -0.548 e. The van der Waals surface area contributed by atoms with E-state index >= 15 is 0 Å². The Bertz CT molecular complexity index is 383. The van der Waals surface area contributed by atoms with Crippen molar-refractivity contribution in [3.05, 3.63) is 0 Å². The molecule has 0 spiro atoms. The molecule has 0 saturated carbocycles. The zero-order chi connectivity index (χ0) is 12.7. The number of hydrogen-bond donors (Lipinski definition) is 3. The molecule has 0 bridgehead atoms. The van der Waals surface area contributed by atoms with Gasteiger partial charge in [0.2, 0.25) is 0 Å². The fourth-order valence-electron chi connectivity index (χ4n) is 2.16. The lowest BCUT2D eigenvalue weighted by atomic mass is 10.0. The van der Waals surface area contributed by atoms with Crippen LogP contribution in [0.4, 0.5) is 9.59 Å². The van der Waals surface area contributed by atoms with E-state index in [4.69, 9.17) is 0 Å². The second-order valence-corrected chi connectivity index (χ2v) is 4.40. The molecule has 17 heavy (non-hydrogen) atoms. The largest absolute Gasteiger partial charge is 0.548 e. The third kappa shape index (κ3) is 1.75. The first-order chi connectivity index (χ1) is 7.91. The second kappa shape index (κ2) is 3.79. The summed E-state index contributed by atoms with van der Waals surface area (Å²) >= 11 is 0. The monoisotopic (exact) mass is 241 g/mol. The molecule has 2 rings (SSSR count). The number of carbonyl (C=O) groups is 3. The quantitative estimate of drug-likeness (QED) is 0.518. The molecule has 2 heterocycles. The lowest BCUT2D eigenvalue weighted by Gasteiger charge is -2.34. The van der Waals surface area contributed by atoms with Gasteiger partial charge in [-0.05, 0) is 5.92 Å². The summed E-state index contributed by atoms with van der Waals surface area (Å²) in [6, 6.07) is -2.05. The van der Waals surface area contributed by atoms with Gasteiger partial charge in [0.25, 0.3) is 0 Å². The lowest BCUT2D eigenvalue weighted by Crippen LogP contribution is -2.57. The van der Waals surface area contributed by atoms with Crippen molar-refractivity contribution in [1.82, 2.24) is 20.9 Å². The number of carbonyl (C=O) groups excluding carboxylic acids is 3. The summed E-state index contributed by atoms with van der Waals surface area (Å²) in [5.74, 6) is -1.65. The first-order valence-electron chi connectivity index (χ1n) is 5.28. The summed E-state index contributed by atoms with van der Waals surface area (Å²) in [7, 11) is 0. The lowest BCUT2D eigenvalue weighted by molar-refractivity contribution is -0.312. The minimum absolute atomic E-state index is 0.318. The Hall–Kier alpha value is -1.99. The number of carboxylic acid groups (broad SMARTS) is 1. The molecule has 0 aromatic carbocycles. The first kappa shape index (κ1) is 11.5. The van der Waals surface area contributed by atoms with Crippen LogP contribution in [0.25, 0.3) is 0 Å². The highest BCUT2D eigenvalue weighted by molar-refractivity contribution is 5.88. The molecule has 0 aromatic rings. The molecule has 2 aliphatic heterocycles. The smallest absolute Gasteiger partial charge is 0.321 e. The average Bonchev–Trinajstić information content (AvgIpc) is 2.64. The van der Waals surface area contributed by atoms with Gasteiger partial charge in [0.05, 0.1) is 12.0 Å². The van der Waals surface area contributed by atoms with Gasteiger partial charge in [0.15, 0.2) is 0 Å². The van der Waals surface area contributed by atoms with E-state index in [-0.39, 0.29) is 5.92 Å². The topological polar surface area (TPSA) is 114 Å². The maximum Gasteiger partial charge on any atom is 0.321 e. The molecule has 0 aromatic heterocycles. The zero-order valence-corrected chi connectivity index (χ0v) is 9.39. The van der Waals surface area contributed by atoms with Gasteiger partial charge < -0.3 is 25.9 Å². The van der Waals surface area contributed by atoms with Gasteiger partial charge >= 0.3 is 12.1 Å². The predicted octanol–water partition coefficient (Wildman–Crippen LogP) is -2.25. The number of urea groups is 2. The highest BCUT2D eigenvalue weighted by Gasteiger charge is 2.49. The van der Waals surface area contributed by atoms with Crippen molar-refractivity contribution in [2.75, 3.05) is 0 Å². The number of aliphatic carboxylic acids is 1. The molecule has 2 saturated heterocycles. The Kier molecular flexibility index (Phi) is 2.56. The number of hydrogen-bond acceptors (Lipinski definition) is 4. The Morgan fingerprint density at radius 2 is 1.94 bits per heavy atom. The Labute approximate surface area is 97.3 Å². The van der Waals surface area contributed by atoms with Crippen LogP contribution in [-0.4, -0.2) is 41.3 Å². The second-order valence-electron chi connectivity index (χ2n) is 4.40.